The number of halogens is 2. The van der Waals surface area contributed by atoms with E-state index < -0.39 is 0 Å². The maximum absolute atomic E-state index is 5.70. The summed E-state index contributed by atoms with van der Waals surface area (Å²) in [6.07, 6.45) is 1.46. The molecule has 56 valence electrons. The highest BCUT2D eigenvalue weighted by Gasteiger charge is 1.98. The Balaban J connectivity index is 3.19. The Hall–Kier alpha value is -0.820. The highest BCUT2D eigenvalue weighted by Crippen LogP contribution is 2.23. The molecule has 0 aromatic carbocycles. The standard InChI is InChI=1S/C7H4Cl2N2/c1-2-10-7-6(9)3-5(8)4-11-7/h3-4H,1H2. The van der Waals surface area contributed by atoms with Crippen molar-refractivity contribution >= 4 is 34.9 Å². The van der Waals surface area contributed by atoms with E-state index in [1.807, 2.05) is 0 Å². The van der Waals surface area contributed by atoms with E-state index in [9.17, 15) is 0 Å². The molecule has 11 heavy (non-hydrogen) atoms. The summed E-state index contributed by atoms with van der Waals surface area (Å²) in [7, 11) is 0. The molecule has 0 aliphatic heterocycles. The molecule has 0 bridgehead atoms. The number of nitrogens with zero attached hydrogens (tertiary/aromatic N) is 2. The Kier molecular flexibility index (Phi) is 2.66. The maximum Gasteiger partial charge on any atom is 0.180 e. The van der Waals surface area contributed by atoms with E-state index >= 15 is 0 Å². The van der Waals surface area contributed by atoms with Crippen molar-refractivity contribution in [3.63, 3.8) is 0 Å². The van der Waals surface area contributed by atoms with Crippen LogP contribution in [0, 0.1) is 0 Å². The first-order valence-corrected chi connectivity index (χ1v) is 3.53. The molecular weight excluding hydrogens is 183 g/mol. The lowest BCUT2D eigenvalue weighted by molar-refractivity contribution is 1.28. The molecule has 0 atom stereocenters. The van der Waals surface area contributed by atoms with Gasteiger partial charge < -0.3 is 0 Å². The van der Waals surface area contributed by atoms with Gasteiger partial charge in [0.1, 0.15) is 0 Å². The first-order valence-electron chi connectivity index (χ1n) is 2.78. The van der Waals surface area contributed by atoms with Crippen LogP contribution < -0.4 is 0 Å². The van der Waals surface area contributed by atoms with Crippen molar-refractivity contribution in [2.75, 3.05) is 0 Å². The second kappa shape index (κ2) is 3.54. The van der Waals surface area contributed by atoms with E-state index in [0.717, 1.165) is 0 Å². The van der Waals surface area contributed by atoms with Gasteiger partial charge in [0.25, 0.3) is 0 Å². The molecule has 4 heteroatoms. The number of hydrogen-bond donors (Lipinski definition) is 0. The van der Waals surface area contributed by atoms with Gasteiger partial charge in [0.2, 0.25) is 0 Å². The summed E-state index contributed by atoms with van der Waals surface area (Å²) >= 11 is 11.3. The van der Waals surface area contributed by atoms with Crippen molar-refractivity contribution in [2.24, 2.45) is 4.99 Å². The average molecular weight is 187 g/mol. The van der Waals surface area contributed by atoms with Crippen LogP contribution in [0.25, 0.3) is 0 Å². The second-order valence-corrected chi connectivity index (χ2v) is 2.57. The van der Waals surface area contributed by atoms with E-state index in [0.29, 0.717) is 15.9 Å². The molecule has 1 aromatic heterocycles. The van der Waals surface area contributed by atoms with Crippen molar-refractivity contribution in [3.8, 4) is 0 Å². The fraction of sp³-hybridized carbons (Fsp3) is 0. The highest BCUT2D eigenvalue weighted by atomic mass is 35.5. The van der Waals surface area contributed by atoms with Crippen molar-refractivity contribution < 1.29 is 0 Å². The second-order valence-electron chi connectivity index (χ2n) is 1.73. The van der Waals surface area contributed by atoms with Gasteiger partial charge in [-0.25, -0.2) is 4.98 Å². The first-order chi connectivity index (χ1) is 5.24. The average Bonchev–Trinajstić information content (AvgIpc) is 1.95. The van der Waals surface area contributed by atoms with Gasteiger partial charge in [-0.2, -0.15) is 4.99 Å². The minimum atomic E-state index is 0.381. The SMILES string of the molecule is C=C=Nc1ncc(Cl)cc1Cl. The molecule has 0 aliphatic rings. The monoisotopic (exact) mass is 186 g/mol. The Bertz CT molecular complexity index is 316. The summed E-state index contributed by atoms with van der Waals surface area (Å²) in [6, 6.07) is 1.56. The number of pyridine rings is 1. The van der Waals surface area contributed by atoms with Crippen molar-refractivity contribution in [2.45, 2.75) is 0 Å². The zero-order valence-electron chi connectivity index (χ0n) is 5.51. The lowest BCUT2D eigenvalue weighted by atomic mass is 10.5. The Morgan fingerprint density at radius 2 is 2.27 bits per heavy atom. The van der Waals surface area contributed by atoms with Gasteiger partial charge in [-0.3, -0.25) is 0 Å². The van der Waals surface area contributed by atoms with Crippen LogP contribution in [-0.4, -0.2) is 10.9 Å². The summed E-state index contributed by atoms with van der Waals surface area (Å²) in [5.41, 5.74) is 0. The molecule has 0 N–H and O–H groups in total. The zero-order chi connectivity index (χ0) is 8.27. The van der Waals surface area contributed by atoms with E-state index in [-0.39, 0.29) is 0 Å². The van der Waals surface area contributed by atoms with Crippen molar-refractivity contribution in [3.05, 3.63) is 28.9 Å². The highest BCUT2D eigenvalue weighted by molar-refractivity contribution is 6.35. The van der Waals surface area contributed by atoms with Crippen LogP contribution in [0.5, 0.6) is 0 Å². The molecule has 0 aliphatic carbocycles. The largest absolute Gasteiger partial charge is 0.234 e. The fourth-order valence-corrected chi connectivity index (χ4v) is 0.987. The van der Waals surface area contributed by atoms with Crippen LogP contribution in [0.3, 0.4) is 0 Å². The molecule has 0 unspecified atom stereocenters. The van der Waals surface area contributed by atoms with Gasteiger partial charge in [0.05, 0.1) is 10.0 Å². The minimum absolute atomic E-state index is 0.381. The summed E-state index contributed by atoms with van der Waals surface area (Å²) in [4.78, 5) is 7.52. The summed E-state index contributed by atoms with van der Waals surface area (Å²) in [5, 5.41) is 0.881. The quantitative estimate of drug-likeness (QED) is 0.620. The van der Waals surface area contributed by atoms with Crippen molar-refractivity contribution in [1.29, 1.82) is 0 Å². The zero-order valence-corrected chi connectivity index (χ0v) is 7.02. The topological polar surface area (TPSA) is 25.2 Å². The lowest BCUT2D eigenvalue weighted by Crippen LogP contribution is -1.74. The maximum atomic E-state index is 5.70. The molecule has 0 saturated carbocycles. The van der Waals surface area contributed by atoms with Gasteiger partial charge in [-0.15, -0.1) is 0 Å². The van der Waals surface area contributed by atoms with Crippen LogP contribution in [0.15, 0.2) is 23.8 Å². The molecule has 0 spiro atoms. The molecule has 0 amide bonds. The van der Waals surface area contributed by atoms with E-state index in [2.05, 4.69) is 22.4 Å². The molecular formula is C7H4Cl2N2. The molecule has 0 fully saturated rings. The summed E-state index contributed by atoms with van der Waals surface area (Å²) < 4.78 is 0. The van der Waals surface area contributed by atoms with E-state index in [1.54, 1.807) is 6.07 Å². The smallest absolute Gasteiger partial charge is 0.180 e. The van der Waals surface area contributed by atoms with Crippen LogP contribution >= 0.6 is 23.2 Å². The molecule has 0 saturated heterocycles. The molecule has 1 rings (SSSR count). The summed E-state index contributed by atoms with van der Waals surface area (Å²) in [5.74, 6) is 2.71. The lowest BCUT2D eigenvalue weighted by Gasteiger charge is -1.93. The van der Waals surface area contributed by atoms with Gasteiger partial charge in [-0.05, 0) is 18.5 Å². The number of rotatable bonds is 1. The fourth-order valence-electron chi connectivity index (χ4n) is 0.565. The van der Waals surface area contributed by atoms with E-state index in [4.69, 9.17) is 23.2 Å². The van der Waals surface area contributed by atoms with Crippen molar-refractivity contribution in [1.82, 2.24) is 4.98 Å². The van der Waals surface area contributed by atoms with Gasteiger partial charge in [0, 0.05) is 6.20 Å². The van der Waals surface area contributed by atoms with Gasteiger partial charge >= 0.3 is 0 Å². The number of hydrogen-bond acceptors (Lipinski definition) is 2. The normalized spacial score (nSPS) is 8.91. The molecule has 1 aromatic rings. The third kappa shape index (κ3) is 2.05. The van der Waals surface area contributed by atoms with E-state index in [1.165, 1.54) is 6.20 Å². The summed E-state index contributed by atoms with van der Waals surface area (Å²) in [6.45, 7) is 3.30. The molecule has 2 nitrogen and oxygen atoms in total. The van der Waals surface area contributed by atoms with Crippen LogP contribution in [0.1, 0.15) is 0 Å². The van der Waals surface area contributed by atoms with Gasteiger partial charge in [-0.1, -0.05) is 23.2 Å². The molecule has 0 radical (unpaired) electrons. The Labute approximate surface area is 74.2 Å². The van der Waals surface area contributed by atoms with Crippen LogP contribution in [0.4, 0.5) is 5.82 Å². The number of aromatic nitrogens is 1. The predicted octanol–water partition coefficient (Wildman–Crippen LogP) is 2.88. The molecule has 1 heterocycles. The van der Waals surface area contributed by atoms with Crippen LogP contribution in [-0.2, 0) is 0 Å². The predicted molar refractivity (Wildman–Crippen MR) is 47.0 cm³/mol. The first kappa shape index (κ1) is 8.28. The third-order valence-electron chi connectivity index (χ3n) is 0.973. The Morgan fingerprint density at radius 3 is 2.82 bits per heavy atom. The number of aliphatic imine (C=N–C) groups is 1. The third-order valence-corrected chi connectivity index (χ3v) is 1.46. The van der Waals surface area contributed by atoms with Gasteiger partial charge in [0.15, 0.2) is 5.82 Å². The van der Waals surface area contributed by atoms with Crippen LogP contribution in [0.2, 0.25) is 10.0 Å². The minimum Gasteiger partial charge on any atom is -0.234 e. The Morgan fingerprint density at radius 1 is 1.55 bits per heavy atom.